The van der Waals surface area contributed by atoms with E-state index in [9.17, 15) is 0 Å². The van der Waals surface area contributed by atoms with Crippen LogP contribution in [0.2, 0.25) is 5.02 Å². The van der Waals surface area contributed by atoms with E-state index in [2.05, 4.69) is 39.9 Å². The Labute approximate surface area is 194 Å². The molecule has 2 aromatic heterocycles. The number of fused-ring (bicyclic) bond motifs is 1. The third kappa shape index (κ3) is 4.84. The van der Waals surface area contributed by atoms with Crippen molar-refractivity contribution in [1.82, 2.24) is 24.8 Å². The lowest BCUT2D eigenvalue weighted by Gasteiger charge is -2.33. The van der Waals surface area contributed by atoms with Gasteiger partial charge < -0.3 is 10.1 Å². The summed E-state index contributed by atoms with van der Waals surface area (Å²) in [5.74, 6) is 1.08. The zero-order chi connectivity index (χ0) is 21.9. The van der Waals surface area contributed by atoms with E-state index in [0.717, 1.165) is 68.7 Å². The molecule has 0 bridgehead atoms. The normalized spacial score (nSPS) is 22.1. The minimum Gasteiger partial charge on any atom is -0.381 e. The highest BCUT2D eigenvalue weighted by Crippen LogP contribution is 2.29. The van der Waals surface area contributed by atoms with Crippen molar-refractivity contribution < 1.29 is 4.74 Å². The summed E-state index contributed by atoms with van der Waals surface area (Å²) in [4.78, 5) is 7.26. The van der Waals surface area contributed by atoms with Crippen molar-refractivity contribution in [2.24, 2.45) is 5.92 Å². The Morgan fingerprint density at radius 2 is 2.06 bits per heavy atom. The summed E-state index contributed by atoms with van der Waals surface area (Å²) in [5.41, 5.74) is 5.85. The second-order valence-corrected chi connectivity index (χ2v) is 9.67. The lowest BCUT2D eigenvalue weighted by Crippen LogP contribution is -2.34. The van der Waals surface area contributed by atoms with Gasteiger partial charge in [0.05, 0.1) is 18.0 Å². The maximum Gasteiger partial charge on any atom is 0.159 e. The minimum atomic E-state index is 0.456. The second kappa shape index (κ2) is 9.87. The number of aromatic nitrogens is 3. The van der Waals surface area contributed by atoms with Crippen LogP contribution in [-0.4, -0.2) is 52.3 Å². The van der Waals surface area contributed by atoms with Gasteiger partial charge >= 0.3 is 0 Å². The fourth-order valence-electron chi connectivity index (χ4n) is 5.06. The van der Waals surface area contributed by atoms with Crippen LogP contribution in [0.5, 0.6) is 0 Å². The predicted octanol–water partition coefficient (Wildman–Crippen LogP) is 4.20. The summed E-state index contributed by atoms with van der Waals surface area (Å²) >= 11 is 6.05. The highest BCUT2D eigenvalue weighted by atomic mass is 35.5. The Hall–Kier alpha value is -1.99. The molecule has 0 saturated carbocycles. The number of nitrogens with zero attached hydrogens (tertiary/aromatic N) is 4. The van der Waals surface area contributed by atoms with Gasteiger partial charge in [0.15, 0.2) is 5.65 Å². The molecule has 7 heteroatoms. The number of hydrogen-bond acceptors (Lipinski definition) is 5. The molecule has 1 aromatic carbocycles. The van der Waals surface area contributed by atoms with E-state index in [1.807, 2.05) is 18.3 Å². The number of rotatable bonds is 7. The molecule has 0 aliphatic carbocycles. The van der Waals surface area contributed by atoms with Gasteiger partial charge in [-0.2, -0.15) is 5.10 Å². The molecule has 4 heterocycles. The molecule has 5 rings (SSSR count). The first-order valence-corrected chi connectivity index (χ1v) is 12.1. The van der Waals surface area contributed by atoms with Crippen molar-refractivity contribution in [3.63, 3.8) is 0 Å². The average molecular weight is 454 g/mol. The molecule has 1 N–H and O–H groups in total. The van der Waals surface area contributed by atoms with Gasteiger partial charge in [-0.1, -0.05) is 23.7 Å². The molecule has 2 atom stereocenters. The van der Waals surface area contributed by atoms with Gasteiger partial charge in [-0.3, -0.25) is 4.90 Å². The fraction of sp³-hybridized carbons (Fsp3) is 0.520. The Morgan fingerprint density at radius 3 is 2.88 bits per heavy atom. The van der Waals surface area contributed by atoms with Gasteiger partial charge in [-0.05, 0) is 62.4 Å². The third-order valence-electron chi connectivity index (χ3n) is 6.85. The van der Waals surface area contributed by atoms with Crippen LogP contribution in [0.4, 0.5) is 0 Å². The predicted molar refractivity (Wildman–Crippen MR) is 127 cm³/mol. The highest BCUT2D eigenvalue weighted by Gasteiger charge is 2.25. The number of piperidine rings is 1. The van der Waals surface area contributed by atoms with E-state index in [1.54, 1.807) is 0 Å². The van der Waals surface area contributed by atoms with E-state index in [4.69, 9.17) is 26.4 Å². The zero-order valence-electron chi connectivity index (χ0n) is 18.8. The number of ether oxygens (including phenoxy) is 1. The van der Waals surface area contributed by atoms with Gasteiger partial charge in [-0.15, -0.1) is 0 Å². The SMILES string of the molecule is Cc1nn2c([C@@H]3CCCN(Cc4ccc(Cl)cc4)C3)ccnc2c1CNC[C@H]1CCOC1. The second-order valence-electron chi connectivity index (χ2n) is 9.23. The first-order valence-electron chi connectivity index (χ1n) is 11.8. The number of aryl methyl sites for hydroxylation is 1. The quantitative estimate of drug-likeness (QED) is 0.581. The van der Waals surface area contributed by atoms with Gasteiger partial charge in [0, 0.05) is 55.5 Å². The lowest BCUT2D eigenvalue weighted by molar-refractivity contribution is 0.185. The molecule has 2 saturated heterocycles. The maximum absolute atomic E-state index is 6.05. The Bertz CT molecular complexity index is 1040. The number of nitrogens with one attached hydrogen (secondary N) is 1. The van der Waals surface area contributed by atoms with Crippen molar-refractivity contribution >= 4 is 17.2 Å². The summed E-state index contributed by atoms with van der Waals surface area (Å²) in [7, 11) is 0. The smallest absolute Gasteiger partial charge is 0.159 e. The van der Waals surface area contributed by atoms with Crippen LogP contribution in [0.1, 0.15) is 47.7 Å². The van der Waals surface area contributed by atoms with E-state index in [1.165, 1.54) is 29.7 Å². The number of halogens is 1. The highest BCUT2D eigenvalue weighted by molar-refractivity contribution is 6.30. The number of likely N-dealkylation sites (tertiary alicyclic amines) is 1. The maximum atomic E-state index is 6.05. The first-order chi connectivity index (χ1) is 15.7. The third-order valence-corrected chi connectivity index (χ3v) is 7.10. The zero-order valence-corrected chi connectivity index (χ0v) is 19.5. The van der Waals surface area contributed by atoms with E-state index >= 15 is 0 Å². The van der Waals surface area contributed by atoms with Crippen LogP contribution >= 0.6 is 11.6 Å². The Balaban J connectivity index is 1.30. The van der Waals surface area contributed by atoms with Crippen LogP contribution in [-0.2, 0) is 17.8 Å². The van der Waals surface area contributed by atoms with E-state index < -0.39 is 0 Å². The van der Waals surface area contributed by atoms with Crippen molar-refractivity contribution in [2.75, 3.05) is 32.8 Å². The molecule has 2 aliphatic rings. The summed E-state index contributed by atoms with van der Waals surface area (Å²) in [6.07, 6.45) is 5.49. The molecule has 2 fully saturated rings. The molecule has 2 aliphatic heterocycles. The van der Waals surface area contributed by atoms with Crippen LogP contribution in [0.15, 0.2) is 36.5 Å². The monoisotopic (exact) mass is 453 g/mol. The molecule has 170 valence electrons. The minimum absolute atomic E-state index is 0.456. The molecular weight excluding hydrogens is 422 g/mol. The summed E-state index contributed by atoms with van der Waals surface area (Å²) in [6, 6.07) is 10.4. The fourth-order valence-corrected chi connectivity index (χ4v) is 5.19. The first kappa shape index (κ1) is 21.8. The molecule has 0 spiro atoms. The molecular formula is C25H32ClN5O. The molecule has 32 heavy (non-hydrogen) atoms. The van der Waals surface area contributed by atoms with Crippen LogP contribution < -0.4 is 5.32 Å². The Morgan fingerprint density at radius 1 is 1.19 bits per heavy atom. The van der Waals surface area contributed by atoms with Crippen molar-refractivity contribution in [3.05, 3.63) is 64.1 Å². The van der Waals surface area contributed by atoms with Crippen molar-refractivity contribution in [2.45, 2.75) is 45.2 Å². The average Bonchev–Trinajstić information content (AvgIpc) is 3.43. The lowest BCUT2D eigenvalue weighted by atomic mass is 9.94. The summed E-state index contributed by atoms with van der Waals surface area (Å²) < 4.78 is 7.59. The molecule has 3 aromatic rings. The van der Waals surface area contributed by atoms with Crippen molar-refractivity contribution in [1.29, 1.82) is 0 Å². The van der Waals surface area contributed by atoms with Crippen LogP contribution in [0, 0.1) is 12.8 Å². The van der Waals surface area contributed by atoms with Gasteiger partial charge in [0.25, 0.3) is 0 Å². The largest absolute Gasteiger partial charge is 0.381 e. The number of benzene rings is 1. The van der Waals surface area contributed by atoms with Gasteiger partial charge in [-0.25, -0.2) is 9.50 Å². The van der Waals surface area contributed by atoms with Crippen molar-refractivity contribution in [3.8, 4) is 0 Å². The molecule has 0 unspecified atom stereocenters. The van der Waals surface area contributed by atoms with E-state index in [0.29, 0.717) is 11.8 Å². The Kier molecular flexibility index (Phi) is 6.74. The van der Waals surface area contributed by atoms with E-state index in [-0.39, 0.29) is 0 Å². The van der Waals surface area contributed by atoms with Crippen LogP contribution in [0.25, 0.3) is 5.65 Å². The molecule has 6 nitrogen and oxygen atoms in total. The topological polar surface area (TPSA) is 54.7 Å². The van der Waals surface area contributed by atoms with Gasteiger partial charge in [0.1, 0.15) is 0 Å². The number of hydrogen-bond donors (Lipinski definition) is 1. The molecule has 0 amide bonds. The standard InChI is InChI=1S/C25H32ClN5O/c1-18-23(14-27-13-20-9-12-32-17-20)25-28-10-8-24(31(25)29-18)21-3-2-11-30(16-21)15-19-4-6-22(26)7-5-19/h4-8,10,20-21,27H,2-3,9,11-17H2,1H3/t20-,21-/m1/s1. The van der Waals surface area contributed by atoms with Gasteiger partial charge in [0.2, 0.25) is 0 Å². The summed E-state index contributed by atoms with van der Waals surface area (Å²) in [5, 5.41) is 9.31. The molecule has 0 radical (unpaired) electrons. The summed E-state index contributed by atoms with van der Waals surface area (Å²) in [6.45, 7) is 8.78. The van der Waals surface area contributed by atoms with Crippen LogP contribution in [0.3, 0.4) is 0 Å².